The number of ether oxygens (including phenoxy) is 3. The Morgan fingerprint density at radius 1 is 1.13 bits per heavy atom. The lowest BCUT2D eigenvalue weighted by atomic mass is 9.70. The van der Waals surface area contributed by atoms with Gasteiger partial charge in [-0.25, -0.2) is 0 Å². The Balaban J connectivity index is 1.56. The van der Waals surface area contributed by atoms with E-state index in [0.29, 0.717) is 71.5 Å². The zero-order valence-electron chi connectivity index (χ0n) is 23.1. The number of esters is 1. The molecular weight excluding hydrogens is 502 g/mol. The third-order valence-electron chi connectivity index (χ3n) is 8.61. The van der Waals surface area contributed by atoms with Crippen molar-refractivity contribution in [2.24, 2.45) is 11.8 Å². The van der Waals surface area contributed by atoms with Crippen LogP contribution in [-0.4, -0.2) is 121 Å². The van der Waals surface area contributed by atoms with Gasteiger partial charge >= 0.3 is 5.97 Å². The van der Waals surface area contributed by atoms with Gasteiger partial charge in [-0.05, 0) is 44.9 Å². The molecule has 39 heavy (non-hydrogen) atoms. The summed E-state index contributed by atoms with van der Waals surface area (Å²) in [4.78, 5) is 47.2. The van der Waals surface area contributed by atoms with Crippen molar-refractivity contribution in [1.82, 2.24) is 14.7 Å². The first-order valence-electron chi connectivity index (χ1n) is 14.5. The van der Waals surface area contributed by atoms with Crippen LogP contribution in [0.4, 0.5) is 0 Å². The van der Waals surface area contributed by atoms with Crippen LogP contribution < -0.4 is 0 Å². The van der Waals surface area contributed by atoms with E-state index < -0.39 is 35.6 Å². The second-order valence-electron chi connectivity index (χ2n) is 11.0. The molecule has 4 fully saturated rings. The van der Waals surface area contributed by atoms with Crippen molar-refractivity contribution in [1.29, 1.82) is 0 Å². The maximum absolute atomic E-state index is 14.3. The number of likely N-dealkylation sites (tertiary alicyclic amines) is 1. The molecule has 218 valence electrons. The fourth-order valence-electron chi connectivity index (χ4n) is 6.72. The standard InChI is InChI=1S/C29H45N3O7/c1-3-5-9-19-38-28(36)23-22-10-11-29(39-22)24(23)26(34)32(13-7-6-8-18-33)25(29)27(35)31(12-4-2)15-14-30-16-20-37-21-17-30/h3-4,22-25,33H,1-2,5-21H2/t22-,23+,24+,25?,29?/m1/s1. The average molecular weight is 548 g/mol. The van der Waals surface area contributed by atoms with Crippen molar-refractivity contribution in [3.63, 3.8) is 0 Å². The molecule has 1 N–H and O–H groups in total. The number of fused-ring (bicyclic) bond motifs is 1. The van der Waals surface area contributed by atoms with Gasteiger partial charge in [0.2, 0.25) is 11.8 Å². The number of aliphatic hydroxyl groups excluding tert-OH is 1. The molecule has 2 bridgehead atoms. The third-order valence-corrected chi connectivity index (χ3v) is 8.61. The predicted molar refractivity (Wildman–Crippen MR) is 145 cm³/mol. The van der Waals surface area contributed by atoms with E-state index in [9.17, 15) is 19.5 Å². The average Bonchev–Trinajstić information content (AvgIpc) is 3.59. The molecular formula is C29H45N3O7. The predicted octanol–water partition coefficient (Wildman–Crippen LogP) is 1.38. The second-order valence-corrected chi connectivity index (χ2v) is 11.0. The number of amides is 2. The highest BCUT2D eigenvalue weighted by Gasteiger charge is 2.75. The molecule has 2 unspecified atom stereocenters. The monoisotopic (exact) mass is 547 g/mol. The van der Waals surface area contributed by atoms with Crippen molar-refractivity contribution in [2.45, 2.75) is 62.7 Å². The number of allylic oxidation sites excluding steroid dienone is 1. The molecule has 10 nitrogen and oxygen atoms in total. The van der Waals surface area contributed by atoms with Crippen molar-refractivity contribution < 1.29 is 33.7 Å². The van der Waals surface area contributed by atoms with Gasteiger partial charge in [0.15, 0.2) is 0 Å². The highest BCUT2D eigenvalue weighted by atomic mass is 16.6. The first-order chi connectivity index (χ1) is 19.0. The molecule has 4 aliphatic heterocycles. The normalized spacial score (nSPS) is 29.9. The van der Waals surface area contributed by atoms with Crippen molar-refractivity contribution in [3.05, 3.63) is 25.3 Å². The summed E-state index contributed by atoms with van der Waals surface area (Å²) in [5.74, 6) is -2.18. The number of rotatable bonds is 16. The van der Waals surface area contributed by atoms with Crippen LogP contribution in [0, 0.1) is 11.8 Å². The molecule has 0 saturated carbocycles. The number of hydrogen-bond acceptors (Lipinski definition) is 8. The Kier molecular flexibility index (Phi) is 10.6. The molecule has 10 heteroatoms. The quantitative estimate of drug-likeness (QED) is 0.175. The molecule has 0 aromatic carbocycles. The van der Waals surface area contributed by atoms with Crippen LogP contribution in [0.25, 0.3) is 0 Å². The van der Waals surface area contributed by atoms with Crippen LogP contribution in [0.5, 0.6) is 0 Å². The molecule has 0 aromatic heterocycles. The van der Waals surface area contributed by atoms with Gasteiger partial charge in [0.1, 0.15) is 11.6 Å². The number of aliphatic hydroxyl groups is 1. The van der Waals surface area contributed by atoms with E-state index in [4.69, 9.17) is 14.2 Å². The largest absolute Gasteiger partial charge is 0.465 e. The van der Waals surface area contributed by atoms with Crippen LogP contribution >= 0.6 is 0 Å². The lowest BCUT2D eigenvalue weighted by Crippen LogP contribution is -2.57. The van der Waals surface area contributed by atoms with E-state index in [1.165, 1.54) is 0 Å². The summed E-state index contributed by atoms with van der Waals surface area (Å²) in [6, 6.07) is -0.794. The summed E-state index contributed by atoms with van der Waals surface area (Å²) >= 11 is 0. The van der Waals surface area contributed by atoms with E-state index in [1.54, 1.807) is 22.0 Å². The van der Waals surface area contributed by atoms with Crippen LogP contribution in [0.2, 0.25) is 0 Å². The van der Waals surface area contributed by atoms with Crippen molar-refractivity contribution in [3.8, 4) is 0 Å². The van der Waals surface area contributed by atoms with Crippen LogP contribution in [0.3, 0.4) is 0 Å². The fraction of sp³-hybridized carbons (Fsp3) is 0.759. The molecule has 4 heterocycles. The van der Waals surface area contributed by atoms with E-state index in [0.717, 1.165) is 25.9 Å². The minimum absolute atomic E-state index is 0.0854. The zero-order valence-corrected chi connectivity index (χ0v) is 23.1. The number of carbonyl (C=O) groups excluding carboxylic acids is 3. The van der Waals surface area contributed by atoms with E-state index in [1.807, 2.05) is 0 Å². The van der Waals surface area contributed by atoms with Gasteiger partial charge < -0.3 is 29.1 Å². The first-order valence-corrected chi connectivity index (χ1v) is 14.5. The van der Waals surface area contributed by atoms with Crippen molar-refractivity contribution >= 4 is 17.8 Å². The summed E-state index contributed by atoms with van der Waals surface area (Å²) in [6.45, 7) is 12.9. The Bertz CT molecular complexity index is 892. The van der Waals surface area contributed by atoms with Gasteiger partial charge in [-0.1, -0.05) is 12.2 Å². The summed E-state index contributed by atoms with van der Waals surface area (Å²) < 4.78 is 17.5. The Morgan fingerprint density at radius 2 is 1.92 bits per heavy atom. The molecule has 4 rings (SSSR count). The third kappa shape index (κ3) is 6.24. The molecule has 0 aliphatic carbocycles. The van der Waals surface area contributed by atoms with Gasteiger partial charge in [0.05, 0.1) is 37.8 Å². The topological polar surface area (TPSA) is 109 Å². The van der Waals surface area contributed by atoms with E-state index in [2.05, 4.69) is 18.1 Å². The van der Waals surface area contributed by atoms with Gasteiger partial charge in [-0.3, -0.25) is 19.3 Å². The first kappa shape index (κ1) is 29.7. The van der Waals surface area contributed by atoms with Crippen LogP contribution in [-0.2, 0) is 28.6 Å². The lowest BCUT2D eigenvalue weighted by Gasteiger charge is -2.37. The zero-order chi connectivity index (χ0) is 27.8. The molecule has 0 aromatic rings. The highest BCUT2D eigenvalue weighted by Crippen LogP contribution is 2.58. The lowest BCUT2D eigenvalue weighted by molar-refractivity contribution is -0.155. The Hall–Kier alpha value is -2.27. The molecule has 4 saturated heterocycles. The molecule has 5 atom stereocenters. The SMILES string of the molecule is C=CCCCOC(=O)[C@@H]1[C@H]2C(=O)N(CCCCCO)C(C(=O)N(CC=C)CCN3CCOCC3)C23CC[C@H]1O3. The fourth-order valence-corrected chi connectivity index (χ4v) is 6.72. The summed E-state index contributed by atoms with van der Waals surface area (Å²) in [5, 5.41) is 9.23. The molecule has 4 aliphatic rings. The maximum Gasteiger partial charge on any atom is 0.312 e. The number of nitrogens with zero attached hydrogens (tertiary/aromatic N) is 3. The number of hydrogen-bond donors (Lipinski definition) is 1. The smallest absolute Gasteiger partial charge is 0.312 e. The minimum atomic E-state index is -1.03. The van der Waals surface area contributed by atoms with Crippen LogP contribution in [0.15, 0.2) is 25.3 Å². The molecule has 1 spiro atoms. The number of carbonyl (C=O) groups is 3. The summed E-state index contributed by atoms with van der Waals surface area (Å²) in [6.07, 6.45) is 7.71. The molecule has 0 radical (unpaired) electrons. The Labute approximate surface area is 231 Å². The van der Waals surface area contributed by atoms with Gasteiger partial charge in [-0.2, -0.15) is 0 Å². The second kappa shape index (κ2) is 13.9. The van der Waals surface area contributed by atoms with Gasteiger partial charge in [0, 0.05) is 45.9 Å². The molecule has 2 amide bonds. The van der Waals surface area contributed by atoms with Crippen molar-refractivity contribution in [2.75, 3.05) is 65.7 Å². The summed E-state index contributed by atoms with van der Waals surface area (Å²) in [5.41, 5.74) is -1.03. The Morgan fingerprint density at radius 3 is 2.64 bits per heavy atom. The minimum Gasteiger partial charge on any atom is -0.465 e. The van der Waals surface area contributed by atoms with Gasteiger partial charge in [-0.15, -0.1) is 13.2 Å². The van der Waals surface area contributed by atoms with E-state index >= 15 is 0 Å². The number of unbranched alkanes of at least 4 members (excludes halogenated alkanes) is 3. The van der Waals surface area contributed by atoms with Gasteiger partial charge in [0.25, 0.3) is 0 Å². The van der Waals surface area contributed by atoms with E-state index in [-0.39, 0.29) is 25.0 Å². The summed E-state index contributed by atoms with van der Waals surface area (Å²) in [7, 11) is 0. The van der Waals surface area contributed by atoms with Crippen LogP contribution in [0.1, 0.15) is 44.9 Å². The maximum atomic E-state index is 14.3. The number of morpholine rings is 1. The highest BCUT2D eigenvalue weighted by molar-refractivity contribution is 5.98.